The van der Waals surface area contributed by atoms with Crippen LogP contribution in [-0.4, -0.2) is 26.6 Å². The van der Waals surface area contributed by atoms with Crippen molar-refractivity contribution in [3.63, 3.8) is 0 Å². The van der Waals surface area contributed by atoms with Gasteiger partial charge in [0, 0.05) is 23.8 Å². The van der Waals surface area contributed by atoms with Gasteiger partial charge in [-0.15, -0.1) is 0 Å². The molecule has 134 valence electrons. The van der Waals surface area contributed by atoms with Gasteiger partial charge in [-0.05, 0) is 36.2 Å². The summed E-state index contributed by atoms with van der Waals surface area (Å²) >= 11 is 0. The van der Waals surface area contributed by atoms with Crippen molar-refractivity contribution in [3.05, 3.63) is 65.7 Å². The Morgan fingerprint density at radius 1 is 1.08 bits per heavy atom. The van der Waals surface area contributed by atoms with Crippen molar-refractivity contribution in [2.45, 2.75) is 19.4 Å². The molecule has 0 bridgehead atoms. The van der Waals surface area contributed by atoms with Gasteiger partial charge < -0.3 is 11.1 Å². The number of nitrogens with two attached hydrogens (primary N) is 1. The van der Waals surface area contributed by atoms with Crippen LogP contribution < -0.4 is 15.8 Å². The highest BCUT2D eigenvalue weighted by atomic mass is 32.2. The fourth-order valence-electron chi connectivity index (χ4n) is 2.31. The van der Waals surface area contributed by atoms with Gasteiger partial charge >= 0.3 is 0 Å². The van der Waals surface area contributed by atoms with Crippen LogP contribution >= 0.6 is 0 Å². The summed E-state index contributed by atoms with van der Waals surface area (Å²) in [5.74, 6) is -0.193. The van der Waals surface area contributed by atoms with E-state index in [9.17, 15) is 13.2 Å². The van der Waals surface area contributed by atoms with Crippen molar-refractivity contribution in [1.82, 2.24) is 5.32 Å². The first-order valence-corrected chi connectivity index (χ1v) is 9.76. The fourth-order valence-corrected chi connectivity index (χ4v) is 3.45. The molecule has 1 unspecified atom stereocenters. The molecule has 0 fully saturated rings. The Hall–Kier alpha value is -2.38. The first-order valence-electron chi connectivity index (χ1n) is 8.10. The number of hydrogen-bond donors (Lipinski definition) is 3. The summed E-state index contributed by atoms with van der Waals surface area (Å²) in [6.45, 7) is 2.11. The Balaban J connectivity index is 1.92. The number of rotatable bonds is 8. The molecule has 0 aliphatic rings. The maximum Gasteiger partial charge on any atom is 0.251 e. The third-order valence-electron chi connectivity index (χ3n) is 3.60. The number of hydrogen-bond acceptors (Lipinski definition) is 4. The quantitative estimate of drug-likeness (QED) is 0.671. The zero-order valence-electron chi connectivity index (χ0n) is 14.1. The van der Waals surface area contributed by atoms with E-state index >= 15 is 0 Å². The van der Waals surface area contributed by atoms with Crippen molar-refractivity contribution < 1.29 is 13.2 Å². The van der Waals surface area contributed by atoms with Gasteiger partial charge in [0.25, 0.3) is 5.91 Å². The van der Waals surface area contributed by atoms with Gasteiger partial charge in [-0.3, -0.25) is 9.52 Å². The highest BCUT2D eigenvalue weighted by Gasteiger charge is 2.11. The predicted molar refractivity (Wildman–Crippen MR) is 99.8 cm³/mol. The van der Waals surface area contributed by atoms with Crippen molar-refractivity contribution in [3.8, 4) is 0 Å². The molecule has 0 heterocycles. The second kappa shape index (κ2) is 8.64. The molecule has 0 aliphatic heterocycles. The van der Waals surface area contributed by atoms with Crippen LogP contribution in [-0.2, 0) is 10.0 Å². The summed E-state index contributed by atoms with van der Waals surface area (Å²) in [6, 6.07) is 15.5. The van der Waals surface area contributed by atoms with E-state index in [1.54, 1.807) is 31.2 Å². The molecule has 0 radical (unpaired) electrons. The number of amides is 1. The normalized spacial score (nSPS) is 12.4. The fraction of sp³-hybridized carbons (Fsp3) is 0.278. The molecule has 0 spiro atoms. The molecule has 2 aromatic carbocycles. The molecule has 4 N–H and O–H groups in total. The minimum Gasteiger partial charge on any atom is -0.350 e. The van der Waals surface area contributed by atoms with E-state index < -0.39 is 10.0 Å². The Morgan fingerprint density at radius 3 is 2.32 bits per heavy atom. The number of carbonyl (C=O) groups is 1. The van der Waals surface area contributed by atoms with E-state index in [2.05, 4.69) is 10.0 Å². The Morgan fingerprint density at radius 2 is 1.72 bits per heavy atom. The lowest BCUT2D eigenvalue weighted by Crippen LogP contribution is -2.31. The van der Waals surface area contributed by atoms with Crippen LogP contribution in [0.3, 0.4) is 0 Å². The lowest BCUT2D eigenvalue weighted by molar-refractivity contribution is 0.0951. The zero-order valence-corrected chi connectivity index (χ0v) is 14.9. The van der Waals surface area contributed by atoms with E-state index in [1.807, 2.05) is 30.3 Å². The second-order valence-electron chi connectivity index (χ2n) is 5.73. The van der Waals surface area contributed by atoms with E-state index in [0.29, 0.717) is 24.2 Å². The SMILES string of the molecule is CCCS(=O)(=O)Nc1ccc(C(=O)NCC(N)c2ccccc2)cc1. The zero-order chi connectivity index (χ0) is 18.3. The number of sulfonamides is 1. The van der Waals surface area contributed by atoms with Gasteiger partial charge in [0.15, 0.2) is 0 Å². The molecule has 7 heteroatoms. The second-order valence-corrected chi connectivity index (χ2v) is 7.57. The van der Waals surface area contributed by atoms with Crippen LogP contribution in [0.15, 0.2) is 54.6 Å². The monoisotopic (exact) mass is 361 g/mol. The Bertz CT molecular complexity index is 790. The summed E-state index contributed by atoms with van der Waals surface area (Å²) in [7, 11) is -3.34. The number of anilines is 1. The maximum absolute atomic E-state index is 12.2. The van der Waals surface area contributed by atoms with Crippen molar-refractivity contribution in [2.75, 3.05) is 17.0 Å². The molecule has 0 aromatic heterocycles. The summed E-state index contributed by atoms with van der Waals surface area (Å²) in [5, 5.41) is 2.78. The van der Waals surface area contributed by atoms with Gasteiger partial charge in [-0.1, -0.05) is 37.3 Å². The minimum absolute atomic E-state index is 0.0621. The van der Waals surface area contributed by atoms with E-state index in [1.165, 1.54) is 0 Å². The van der Waals surface area contributed by atoms with Gasteiger partial charge in [0.1, 0.15) is 0 Å². The number of benzene rings is 2. The van der Waals surface area contributed by atoms with Gasteiger partial charge in [-0.2, -0.15) is 0 Å². The first kappa shape index (κ1) is 19.0. The summed E-state index contributed by atoms with van der Waals surface area (Å²) < 4.78 is 25.9. The lowest BCUT2D eigenvalue weighted by atomic mass is 10.1. The smallest absolute Gasteiger partial charge is 0.251 e. The Labute approximate surface area is 148 Å². The van der Waals surface area contributed by atoms with Crippen LogP contribution in [0.2, 0.25) is 0 Å². The molecule has 1 amide bonds. The lowest BCUT2D eigenvalue weighted by Gasteiger charge is -2.13. The maximum atomic E-state index is 12.2. The predicted octanol–water partition coefficient (Wildman–Crippen LogP) is 2.27. The molecule has 0 saturated heterocycles. The molecule has 2 aromatic rings. The van der Waals surface area contributed by atoms with E-state index in [-0.39, 0.29) is 17.7 Å². The molecular weight excluding hydrogens is 338 g/mol. The van der Waals surface area contributed by atoms with Crippen LogP contribution in [0.25, 0.3) is 0 Å². The van der Waals surface area contributed by atoms with Crippen LogP contribution in [0.4, 0.5) is 5.69 Å². The average Bonchev–Trinajstić information content (AvgIpc) is 2.60. The van der Waals surface area contributed by atoms with E-state index in [4.69, 9.17) is 5.73 Å². The largest absolute Gasteiger partial charge is 0.350 e. The molecule has 0 saturated carbocycles. The summed E-state index contributed by atoms with van der Waals surface area (Å²) in [4.78, 5) is 12.2. The van der Waals surface area contributed by atoms with Crippen LogP contribution in [0.5, 0.6) is 0 Å². The van der Waals surface area contributed by atoms with Crippen LogP contribution in [0, 0.1) is 0 Å². The van der Waals surface area contributed by atoms with Crippen molar-refractivity contribution in [2.24, 2.45) is 5.73 Å². The Kier molecular flexibility index (Phi) is 6.55. The molecule has 1 atom stereocenters. The summed E-state index contributed by atoms with van der Waals surface area (Å²) in [5.41, 5.74) is 7.88. The van der Waals surface area contributed by atoms with Gasteiger partial charge in [0.2, 0.25) is 10.0 Å². The molecule has 25 heavy (non-hydrogen) atoms. The van der Waals surface area contributed by atoms with E-state index in [0.717, 1.165) is 5.56 Å². The highest BCUT2D eigenvalue weighted by molar-refractivity contribution is 7.92. The molecule has 2 rings (SSSR count). The van der Waals surface area contributed by atoms with Crippen molar-refractivity contribution in [1.29, 1.82) is 0 Å². The molecule has 6 nitrogen and oxygen atoms in total. The molecular formula is C18H23N3O3S. The van der Waals surface area contributed by atoms with Crippen molar-refractivity contribution >= 4 is 21.6 Å². The van der Waals surface area contributed by atoms with Crippen LogP contribution in [0.1, 0.15) is 35.3 Å². The van der Waals surface area contributed by atoms with Gasteiger partial charge in [0.05, 0.1) is 5.75 Å². The average molecular weight is 361 g/mol. The third kappa shape index (κ3) is 5.88. The summed E-state index contributed by atoms with van der Waals surface area (Å²) in [6.07, 6.45) is 0.539. The topological polar surface area (TPSA) is 101 Å². The first-order chi connectivity index (χ1) is 11.9. The minimum atomic E-state index is -3.34. The third-order valence-corrected chi connectivity index (χ3v) is 5.10. The standard InChI is InChI=1S/C18H23N3O3S/c1-2-12-25(23,24)21-16-10-8-15(9-11-16)18(22)20-13-17(19)14-6-4-3-5-7-14/h3-11,17,21H,2,12-13,19H2,1H3,(H,20,22). The highest BCUT2D eigenvalue weighted by Crippen LogP contribution is 2.13. The number of nitrogens with one attached hydrogen (secondary N) is 2. The molecule has 0 aliphatic carbocycles. The van der Waals surface area contributed by atoms with Gasteiger partial charge in [-0.25, -0.2) is 8.42 Å². The number of carbonyl (C=O) groups excluding carboxylic acids is 1.